The van der Waals surface area contributed by atoms with Crippen molar-refractivity contribution in [2.24, 2.45) is 5.41 Å². The van der Waals surface area contributed by atoms with Gasteiger partial charge < -0.3 is 5.11 Å². The summed E-state index contributed by atoms with van der Waals surface area (Å²) in [4.78, 5) is 21.3. The van der Waals surface area contributed by atoms with Crippen molar-refractivity contribution in [3.63, 3.8) is 0 Å². The number of carbonyl (C=O) groups is 1. The molecule has 0 aromatic heterocycles. The standard InChI is InChI=1S/C14H10F3NO4/c15-14(16,17)13(12(19)20)7-6-10(11(8-13)18(21)22)9-4-2-1-3-5-9/h1-7H,8H2,(H,19,20). The third kappa shape index (κ3) is 2.47. The monoisotopic (exact) mass is 313 g/mol. The number of hydrogen-bond donors (Lipinski definition) is 1. The van der Waals surface area contributed by atoms with Gasteiger partial charge in [-0.2, -0.15) is 13.2 Å². The fourth-order valence-corrected chi connectivity index (χ4v) is 2.25. The lowest BCUT2D eigenvalue weighted by atomic mass is 9.76. The number of carboxylic acids is 1. The minimum atomic E-state index is -5.14. The maximum absolute atomic E-state index is 13.1. The molecule has 0 radical (unpaired) electrons. The first-order valence-electron chi connectivity index (χ1n) is 6.11. The Morgan fingerprint density at radius 1 is 1.27 bits per heavy atom. The highest BCUT2D eigenvalue weighted by molar-refractivity contribution is 5.85. The molecule has 2 rings (SSSR count). The quantitative estimate of drug-likeness (QED) is 0.686. The Morgan fingerprint density at radius 2 is 1.86 bits per heavy atom. The fraction of sp³-hybridized carbons (Fsp3) is 0.214. The highest BCUT2D eigenvalue weighted by Crippen LogP contribution is 2.48. The number of benzene rings is 1. The van der Waals surface area contributed by atoms with Crippen molar-refractivity contribution in [3.05, 3.63) is 63.9 Å². The SMILES string of the molecule is O=C(O)C1(C(F)(F)F)C=CC(c2ccccc2)=C([N+](=O)[O-])C1. The number of carboxylic acid groups (broad SMARTS) is 1. The molecule has 8 heteroatoms. The molecule has 1 aliphatic rings. The summed E-state index contributed by atoms with van der Waals surface area (Å²) in [5.41, 5.74) is -3.72. The van der Waals surface area contributed by atoms with E-state index < -0.39 is 34.6 Å². The maximum Gasteiger partial charge on any atom is 0.408 e. The van der Waals surface area contributed by atoms with Gasteiger partial charge in [0.05, 0.1) is 16.9 Å². The second-order valence-corrected chi connectivity index (χ2v) is 4.77. The number of aliphatic carboxylic acids is 1. The molecule has 22 heavy (non-hydrogen) atoms. The minimum absolute atomic E-state index is 0.0216. The average molecular weight is 313 g/mol. The molecular formula is C14H10F3NO4. The van der Waals surface area contributed by atoms with Gasteiger partial charge in [-0.3, -0.25) is 14.9 Å². The molecule has 1 aliphatic carbocycles. The molecule has 1 N–H and O–H groups in total. The van der Waals surface area contributed by atoms with Gasteiger partial charge in [-0.1, -0.05) is 42.5 Å². The van der Waals surface area contributed by atoms with E-state index in [9.17, 15) is 28.1 Å². The Morgan fingerprint density at radius 3 is 2.32 bits per heavy atom. The zero-order valence-electron chi connectivity index (χ0n) is 11.0. The number of allylic oxidation sites excluding steroid dienone is 3. The number of alkyl halides is 3. The van der Waals surface area contributed by atoms with Gasteiger partial charge in [-0.15, -0.1) is 0 Å². The molecule has 0 saturated carbocycles. The lowest BCUT2D eigenvalue weighted by Gasteiger charge is -2.30. The maximum atomic E-state index is 13.1. The first kappa shape index (κ1) is 15.7. The van der Waals surface area contributed by atoms with E-state index in [0.717, 1.165) is 6.08 Å². The second-order valence-electron chi connectivity index (χ2n) is 4.77. The first-order chi connectivity index (χ1) is 10.2. The van der Waals surface area contributed by atoms with E-state index in [1.165, 1.54) is 12.1 Å². The normalized spacial score (nSPS) is 21.8. The number of hydrogen-bond acceptors (Lipinski definition) is 3. The van der Waals surface area contributed by atoms with Crippen LogP contribution in [0.15, 0.2) is 48.2 Å². The highest BCUT2D eigenvalue weighted by atomic mass is 19.4. The molecule has 0 amide bonds. The van der Waals surface area contributed by atoms with Crippen LogP contribution in [0, 0.1) is 15.5 Å². The van der Waals surface area contributed by atoms with Crippen molar-refractivity contribution >= 4 is 11.5 Å². The van der Waals surface area contributed by atoms with Crippen LogP contribution >= 0.6 is 0 Å². The summed E-state index contributed by atoms with van der Waals surface area (Å²) in [5, 5.41) is 20.1. The van der Waals surface area contributed by atoms with E-state index in [-0.39, 0.29) is 5.57 Å². The van der Waals surface area contributed by atoms with Crippen LogP contribution in [0.5, 0.6) is 0 Å². The van der Waals surface area contributed by atoms with Gasteiger partial charge in [-0.25, -0.2) is 0 Å². The highest BCUT2D eigenvalue weighted by Gasteiger charge is 2.62. The molecule has 116 valence electrons. The molecule has 1 unspecified atom stereocenters. The summed E-state index contributed by atoms with van der Waals surface area (Å²) in [6.07, 6.45) is -5.05. The van der Waals surface area contributed by atoms with E-state index in [1.807, 2.05) is 0 Å². The predicted octanol–water partition coefficient (Wildman–Crippen LogP) is 3.27. The van der Waals surface area contributed by atoms with Crippen molar-refractivity contribution in [1.29, 1.82) is 0 Å². The average Bonchev–Trinajstić information content (AvgIpc) is 2.46. The third-order valence-electron chi connectivity index (χ3n) is 3.48. The molecule has 0 fully saturated rings. The number of rotatable bonds is 3. The summed E-state index contributed by atoms with van der Waals surface area (Å²) in [6.45, 7) is 0. The van der Waals surface area contributed by atoms with Crippen LogP contribution in [0.1, 0.15) is 12.0 Å². The minimum Gasteiger partial charge on any atom is -0.480 e. The Kier molecular flexibility index (Phi) is 3.78. The fourth-order valence-electron chi connectivity index (χ4n) is 2.25. The Hall–Kier alpha value is -2.64. The first-order valence-corrected chi connectivity index (χ1v) is 6.11. The Balaban J connectivity index is 2.60. The summed E-state index contributed by atoms with van der Waals surface area (Å²) < 4.78 is 39.4. The molecular weight excluding hydrogens is 303 g/mol. The molecule has 1 atom stereocenters. The van der Waals surface area contributed by atoms with Crippen molar-refractivity contribution in [3.8, 4) is 0 Å². The van der Waals surface area contributed by atoms with E-state index in [1.54, 1.807) is 18.2 Å². The number of nitro groups is 1. The van der Waals surface area contributed by atoms with Crippen LogP contribution in [0.3, 0.4) is 0 Å². The summed E-state index contributed by atoms with van der Waals surface area (Å²) in [5.74, 6) is -2.16. The van der Waals surface area contributed by atoms with Gasteiger partial charge in [0, 0.05) is 0 Å². The molecule has 0 aliphatic heterocycles. The van der Waals surface area contributed by atoms with Crippen LogP contribution in [0.2, 0.25) is 0 Å². The molecule has 5 nitrogen and oxygen atoms in total. The van der Waals surface area contributed by atoms with Crippen LogP contribution in [-0.2, 0) is 4.79 Å². The largest absolute Gasteiger partial charge is 0.480 e. The van der Waals surface area contributed by atoms with Gasteiger partial charge in [0.1, 0.15) is 0 Å². The predicted molar refractivity (Wildman–Crippen MR) is 70.2 cm³/mol. The third-order valence-corrected chi connectivity index (χ3v) is 3.48. The molecule has 0 heterocycles. The van der Waals surface area contributed by atoms with Crippen molar-refractivity contribution in [2.45, 2.75) is 12.6 Å². The van der Waals surface area contributed by atoms with Crippen LogP contribution in [0.4, 0.5) is 13.2 Å². The Bertz CT molecular complexity index is 679. The van der Waals surface area contributed by atoms with Crippen molar-refractivity contribution in [1.82, 2.24) is 0 Å². The van der Waals surface area contributed by atoms with Gasteiger partial charge in [0.15, 0.2) is 5.41 Å². The van der Waals surface area contributed by atoms with Crippen molar-refractivity contribution in [2.75, 3.05) is 0 Å². The van der Waals surface area contributed by atoms with Gasteiger partial charge >= 0.3 is 12.1 Å². The lowest BCUT2D eigenvalue weighted by molar-refractivity contribution is -0.430. The lowest BCUT2D eigenvalue weighted by Crippen LogP contribution is -2.45. The van der Waals surface area contributed by atoms with Gasteiger partial charge in [0.25, 0.3) is 5.70 Å². The smallest absolute Gasteiger partial charge is 0.408 e. The van der Waals surface area contributed by atoms with Crippen LogP contribution in [0.25, 0.3) is 5.57 Å². The molecule has 0 spiro atoms. The molecule has 0 bridgehead atoms. The van der Waals surface area contributed by atoms with Crippen molar-refractivity contribution < 1.29 is 28.0 Å². The van der Waals surface area contributed by atoms with E-state index in [0.29, 0.717) is 11.6 Å². The zero-order chi connectivity index (χ0) is 16.5. The zero-order valence-corrected chi connectivity index (χ0v) is 11.0. The second kappa shape index (κ2) is 5.28. The topological polar surface area (TPSA) is 80.4 Å². The van der Waals surface area contributed by atoms with Crippen LogP contribution in [-0.4, -0.2) is 22.2 Å². The molecule has 0 saturated heterocycles. The van der Waals surface area contributed by atoms with Gasteiger partial charge in [0.2, 0.25) is 0 Å². The van der Waals surface area contributed by atoms with Gasteiger partial charge in [-0.05, 0) is 5.56 Å². The number of nitrogens with zero attached hydrogens (tertiary/aromatic N) is 1. The summed E-state index contributed by atoms with van der Waals surface area (Å²) in [6, 6.07) is 7.82. The summed E-state index contributed by atoms with van der Waals surface area (Å²) in [7, 11) is 0. The van der Waals surface area contributed by atoms with E-state index in [2.05, 4.69) is 0 Å². The van der Waals surface area contributed by atoms with E-state index in [4.69, 9.17) is 5.11 Å². The number of halogens is 3. The van der Waals surface area contributed by atoms with Crippen LogP contribution < -0.4 is 0 Å². The van der Waals surface area contributed by atoms with E-state index >= 15 is 0 Å². The summed E-state index contributed by atoms with van der Waals surface area (Å²) >= 11 is 0. The Labute approximate surface area is 122 Å². The molecule has 1 aromatic rings. The molecule has 1 aromatic carbocycles.